The van der Waals surface area contributed by atoms with Crippen LogP contribution >= 0.6 is 0 Å². The molecule has 3 aromatic rings. The molecular weight excluding hydrogens is 380 g/mol. The van der Waals surface area contributed by atoms with Gasteiger partial charge < -0.3 is 0 Å². The average Bonchev–Trinajstić information content (AvgIpc) is 3.19. The predicted molar refractivity (Wildman–Crippen MR) is 136 cm³/mol. The zero-order chi connectivity index (χ0) is 22.4. The van der Waals surface area contributed by atoms with E-state index in [4.69, 9.17) is 4.94 Å². The lowest BCUT2D eigenvalue weighted by Gasteiger charge is -2.14. The van der Waals surface area contributed by atoms with Gasteiger partial charge in [-0.15, -0.1) is 0 Å². The normalized spacial score (nSPS) is 12.3. The number of hydrogen-bond donors (Lipinski definition) is 0. The highest BCUT2D eigenvalue weighted by Gasteiger charge is 2.20. The second kappa shape index (κ2) is 9.86. The number of nitrogens with zero attached hydrogens (tertiary/aromatic N) is 2. The van der Waals surface area contributed by atoms with E-state index in [2.05, 4.69) is 57.4 Å². The third-order valence-corrected chi connectivity index (χ3v) is 5.24. The monoisotopic (exact) mass is 410 g/mol. The number of aromatic nitrogens is 2. The van der Waals surface area contributed by atoms with Gasteiger partial charge in [0.2, 0.25) is 0 Å². The molecule has 0 atom stereocenters. The zero-order valence-electron chi connectivity index (χ0n) is 18.8. The van der Waals surface area contributed by atoms with E-state index in [1.165, 1.54) is 0 Å². The van der Waals surface area contributed by atoms with Gasteiger partial charge in [-0.25, -0.2) is 0 Å². The van der Waals surface area contributed by atoms with Crippen molar-refractivity contribution in [3.05, 3.63) is 108 Å². The highest BCUT2D eigenvalue weighted by Crippen LogP contribution is 2.29. The standard InChI is InChI=1S/C28H30N2O/c1-7-11-13-18-25-22(6)30(28-20-15-14-19-26(25)28)31-29-21(5)24(17-12-8-2)23(10-4)27(29)16-9-3/h7-20H,2,4H2,1,3,5-6H3/b11-7-,16-9-,17-12-,18-13-. The molecule has 3 heteroatoms. The van der Waals surface area contributed by atoms with Crippen molar-refractivity contribution >= 4 is 35.2 Å². The Kier molecular flexibility index (Phi) is 6.99. The number of rotatable bonds is 8. The maximum absolute atomic E-state index is 6.55. The number of hydrogen-bond acceptors (Lipinski definition) is 1. The first-order valence-electron chi connectivity index (χ1n) is 10.5. The quantitative estimate of drug-likeness (QED) is 0.354. The fourth-order valence-electron chi connectivity index (χ4n) is 3.77. The van der Waals surface area contributed by atoms with Crippen molar-refractivity contribution < 1.29 is 4.94 Å². The third-order valence-electron chi connectivity index (χ3n) is 5.24. The van der Waals surface area contributed by atoms with E-state index < -0.39 is 0 Å². The van der Waals surface area contributed by atoms with Crippen LogP contribution in [0, 0.1) is 13.8 Å². The van der Waals surface area contributed by atoms with Crippen molar-refractivity contribution in [2.24, 2.45) is 0 Å². The van der Waals surface area contributed by atoms with E-state index >= 15 is 0 Å². The molecule has 0 saturated heterocycles. The third kappa shape index (κ3) is 4.13. The van der Waals surface area contributed by atoms with Crippen LogP contribution in [0.15, 0.2) is 73.9 Å². The van der Waals surface area contributed by atoms with Gasteiger partial charge in [0.05, 0.1) is 22.6 Å². The highest BCUT2D eigenvalue weighted by atomic mass is 16.8. The first-order valence-corrected chi connectivity index (χ1v) is 10.5. The molecule has 3 rings (SSSR count). The van der Waals surface area contributed by atoms with Crippen LogP contribution in [0.3, 0.4) is 0 Å². The summed E-state index contributed by atoms with van der Waals surface area (Å²) in [5.74, 6) is 0. The van der Waals surface area contributed by atoms with Crippen LogP contribution in [0.25, 0.3) is 35.2 Å². The van der Waals surface area contributed by atoms with Gasteiger partial charge in [-0.1, -0.05) is 86.0 Å². The fourth-order valence-corrected chi connectivity index (χ4v) is 3.77. The van der Waals surface area contributed by atoms with Gasteiger partial charge in [-0.05, 0) is 39.8 Å². The molecule has 0 fully saturated rings. The molecule has 31 heavy (non-hydrogen) atoms. The maximum atomic E-state index is 6.55. The first kappa shape index (κ1) is 22.0. The lowest BCUT2D eigenvalue weighted by Crippen LogP contribution is -2.21. The minimum absolute atomic E-state index is 0.946. The van der Waals surface area contributed by atoms with Crippen LogP contribution in [-0.4, -0.2) is 9.46 Å². The summed E-state index contributed by atoms with van der Waals surface area (Å²) in [6.45, 7) is 16.0. The molecule has 2 heterocycles. The molecule has 0 aliphatic rings. The van der Waals surface area contributed by atoms with E-state index in [-0.39, 0.29) is 0 Å². The van der Waals surface area contributed by atoms with Gasteiger partial charge in [-0.3, -0.25) is 4.94 Å². The Labute approximate surface area is 185 Å². The van der Waals surface area contributed by atoms with Gasteiger partial charge in [0, 0.05) is 22.1 Å². The Morgan fingerprint density at radius 3 is 2.16 bits per heavy atom. The molecule has 0 unspecified atom stereocenters. The molecule has 0 aliphatic heterocycles. The van der Waals surface area contributed by atoms with Crippen LogP contribution in [0.4, 0.5) is 0 Å². The van der Waals surface area contributed by atoms with Gasteiger partial charge in [0.1, 0.15) is 0 Å². The average molecular weight is 411 g/mol. The Balaban J connectivity index is 2.25. The lowest BCUT2D eigenvalue weighted by atomic mass is 10.1. The number of allylic oxidation sites excluding steroid dienone is 6. The van der Waals surface area contributed by atoms with E-state index in [1.54, 1.807) is 6.08 Å². The number of para-hydroxylation sites is 1. The van der Waals surface area contributed by atoms with Crippen molar-refractivity contribution in [2.75, 3.05) is 0 Å². The van der Waals surface area contributed by atoms with Crippen LogP contribution in [-0.2, 0) is 0 Å². The van der Waals surface area contributed by atoms with E-state index in [1.807, 2.05) is 71.9 Å². The van der Waals surface area contributed by atoms with Crippen molar-refractivity contribution in [2.45, 2.75) is 27.7 Å². The fraction of sp³-hybridized carbons (Fsp3) is 0.143. The molecule has 0 amide bonds. The summed E-state index contributed by atoms with van der Waals surface area (Å²) in [6, 6.07) is 8.29. The van der Waals surface area contributed by atoms with Crippen molar-refractivity contribution in [3.63, 3.8) is 0 Å². The summed E-state index contributed by atoms with van der Waals surface area (Å²) in [5.41, 5.74) is 7.21. The molecule has 158 valence electrons. The van der Waals surface area contributed by atoms with E-state index in [9.17, 15) is 0 Å². The molecule has 0 radical (unpaired) electrons. The second-order valence-corrected chi connectivity index (χ2v) is 7.17. The second-order valence-electron chi connectivity index (χ2n) is 7.17. The van der Waals surface area contributed by atoms with Crippen molar-refractivity contribution in [1.29, 1.82) is 0 Å². The van der Waals surface area contributed by atoms with E-state index in [0.29, 0.717) is 0 Å². The van der Waals surface area contributed by atoms with Gasteiger partial charge in [0.25, 0.3) is 0 Å². The molecule has 0 spiro atoms. The zero-order valence-corrected chi connectivity index (χ0v) is 18.8. The largest absolute Gasteiger partial charge is 0.282 e. The first-order chi connectivity index (χ1) is 15.1. The number of benzene rings is 1. The lowest BCUT2D eigenvalue weighted by molar-refractivity contribution is 0.0356. The molecule has 0 bridgehead atoms. The summed E-state index contributed by atoms with van der Waals surface area (Å²) in [5, 5.41) is 1.15. The molecule has 0 N–H and O–H groups in total. The summed E-state index contributed by atoms with van der Waals surface area (Å²) in [7, 11) is 0. The van der Waals surface area contributed by atoms with Crippen molar-refractivity contribution in [3.8, 4) is 0 Å². The molecule has 0 aliphatic carbocycles. The van der Waals surface area contributed by atoms with E-state index in [0.717, 1.165) is 44.7 Å². The predicted octanol–water partition coefficient (Wildman–Crippen LogP) is 7.42. The van der Waals surface area contributed by atoms with Crippen LogP contribution < -0.4 is 4.94 Å². The number of fused-ring (bicyclic) bond motifs is 1. The summed E-state index contributed by atoms with van der Waals surface area (Å²) >= 11 is 0. The highest BCUT2D eigenvalue weighted by molar-refractivity contribution is 5.91. The minimum atomic E-state index is 0.946. The smallest absolute Gasteiger partial charge is 0.0907 e. The Morgan fingerprint density at radius 1 is 0.774 bits per heavy atom. The summed E-state index contributed by atoms with van der Waals surface area (Å²) in [4.78, 5) is 6.55. The molecule has 3 nitrogen and oxygen atoms in total. The van der Waals surface area contributed by atoms with Crippen LogP contribution in [0.5, 0.6) is 0 Å². The summed E-state index contributed by atoms with van der Waals surface area (Å²) in [6.07, 6.45) is 19.9. The Morgan fingerprint density at radius 2 is 1.48 bits per heavy atom. The Bertz CT molecular complexity index is 1230. The summed E-state index contributed by atoms with van der Waals surface area (Å²) < 4.78 is 3.77. The molecular formula is C28H30N2O. The van der Waals surface area contributed by atoms with Gasteiger partial charge in [0.15, 0.2) is 0 Å². The minimum Gasteiger partial charge on any atom is -0.282 e. The van der Waals surface area contributed by atoms with Crippen molar-refractivity contribution in [1.82, 2.24) is 9.46 Å². The molecule has 0 saturated carbocycles. The van der Waals surface area contributed by atoms with Crippen LogP contribution in [0.2, 0.25) is 0 Å². The molecule has 2 aromatic heterocycles. The molecule has 1 aromatic carbocycles. The van der Waals surface area contributed by atoms with Gasteiger partial charge in [-0.2, -0.15) is 9.46 Å². The Hall–Kier alpha value is -3.72. The maximum Gasteiger partial charge on any atom is 0.0907 e. The SMILES string of the molecule is C=C/C=C\c1c(C=C)c(/C=C\C)n(On2c(C)c(/C=C\C=C/C)c3ccccc32)c1C. The topological polar surface area (TPSA) is 19.1 Å². The van der Waals surface area contributed by atoms with Gasteiger partial charge >= 0.3 is 0 Å². The van der Waals surface area contributed by atoms with Crippen LogP contribution in [0.1, 0.15) is 47.6 Å².